The van der Waals surface area contributed by atoms with Gasteiger partial charge in [0.05, 0.1) is 0 Å². The summed E-state index contributed by atoms with van der Waals surface area (Å²) in [7, 11) is 0. The van der Waals surface area contributed by atoms with Crippen molar-refractivity contribution in [2.75, 3.05) is 6.54 Å². The Balaban J connectivity index is 2.00. The molecule has 1 aromatic rings. The SMILES string of the molecule is CC(C)C(NC(=O)N1CCc2sccc2C1)C(=O)O. The normalized spacial score (nSPS) is 16.1. The Morgan fingerprint density at radius 2 is 2.21 bits per heavy atom. The van der Waals surface area contributed by atoms with Gasteiger partial charge in [0.25, 0.3) is 0 Å². The molecule has 1 aliphatic rings. The average molecular weight is 282 g/mol. The van der Waals surface area contributed by atoms with Gasteiger partial charge >= 0.3 is 12.0 Å². The lowest BCUT2D eigenvalue weighted by atomic mass is 10.1. The first-order valence-corrected chi connectivity index (χ1v) is 7.20. The zero-order chi connectivity index (χ0) is 14.0. The number of aliphatic carboxylic acids is 1. The maximum atomic E-state index is 12.1. The van der Waals surface area contributed by atoms with Crippen LogP contribution in [0.4, 0.5) is 4.79 Å². The predicted molar refractivity (Wildman–Crippen MR) is 73.2 cm³/mol. The number of carboxylic acids is 1. The zero-order valence-corrected chi connectivity index (χ0v) is 11.9. The van der Waals surface area contributed by atoms with Gasteiger partial charge in [-0.15, -0.1) is 11.3 Å². The fourth-order valence-electron chi connectivity index (χ4n) is 2.16. The third kappa shape index (κ3) is 3.07. The first kappa shape index (κ1) is 13.9. The fourth-order valence-corrected chi connectivity index (χ4v) is 3.05. The molecule has 1 unspecified atom stereocenters. The van der Waals surface area contributed by atoms with Crippen molar-refractivity contribution in [3.05, 3.63) is 21.9 Å². The summed E-state index contributed by atoms with van der Waals surface area (Å²) in [6, 6.07) is 0.894. The topological polar surface area (TPSA) is 69.6 Å². The number of rotatable bonds is 3. The number of carbonyl (C=O) groups excluding carboxylic acids is 1. The van der Waals surface area contributed by atoms with E-state index in [2.05, 4.69) is 5.32 Å². The van der Waals surface area contributed by atoms with E-state index in [1.54, 1.807) is 30.1 Å². The lowest BCUT2D eigenvalue weighted by Crippen LogP contribution is -2.51. The van der Waals surface area contributed by atoms with Gasteiger partial charge < -0.3 is 15.3 Å². The molecule has 0 spiro atoms. The van der Waals surface area contributed by atoms with E-state index in [1.807, 2.05) is 11.4 Å². The van der Waals surface area contributed by atoms with Crippen molar-refractivity contribution in [2.45, 2.75) is 32.9 Å². The zero-order valence-electron chi connectivity index (χ0n) is 11.0. The molecule has 104 valence electrons. The van der Waals surface area contributed by atoms with Gasteiger partial charge in [0, 0.05) is 18.0 Å². The van der Waals surface area contributed by atoms with Crippen LogP contribution in [0.1, 0.15) is 24.3 Å². The average Bonchev–Trinajstić information content (AvgIpc) is 2.81. The molecule has 0 aromatic carbocycles. The van der Waals surface area contributed by atoms with Gasteiger partial charge in [-0.05, 0) is 29.3 Å². The highest BCUT2D eigenvalue weighted by Gasteiger charge is 2.27. The smallest absolute Gasteiger partial charge is 0.326 e. The van der Waals surface area contributed by atoms with Crippen molar-refractivity contribution < 1.29 is 14.7 Å². The van der Waals surface area contributed by atoms with E-state index in [1.165, 1.54) is 10.4 Å². The van der Waals surface area contributed by atoms with Gasteiger partial charge in [-0.25, -0.2) is 9.59 Å². The Bertz CT molecular complexity index is 484. The molecule has 1 aliphatic heterocycles. The maximum absolute atomic E-state index is 12.1. The largest absolute Gasteiger partial charge is 0.480 e. The molecule has 0 saturated heterocycles. The number of hydrogen-bond acceptors (Lipinski definition) is 3. The van der Waals surface area contributed by atoms with Crippen LogP contribution < -0.4 is 5.32 Å². The molecule has 1 atom stereocenters. The summed E-state index contributed by atoms with van der Waals surface area (Å²) in [5.74, 6) is -1.13. The Morgan fingerprint density at radius 1 is 1.47 bits per heavy atom. The summed E-state index contributed by atoms with van der Waals surface area (Å²) in [4.78, 5) is 26.2. The molecule has 19 heavy (non-hydrogen) atoms. The van der Waals surface area contributed by atoms with E-state index in [9.17, 15) is 9.59 Å². The molecule has 6 heteroatoms. The van der Waals surface area contributed by atoms with Crippen LogP contribution in [0.15, 0.2) is 11.4 Å². The molecule has 2 N–H and O–H groups in total. The van der Waals surface area contributed by atoms with Gasteiger partial charge in [0.2, 0.25) is 0 Å². The van der Waals surface area contributed by atoms with E-state index in [0.29, 0.717) is 13.1 Å². The van der Waals surface area contributed by atoms with E-state index in [0.717, 1.165) is 6.42 Å². The molecule has 2 heterocycles. The minimum Gasteiger partial charge on any atom is -0.480 e. The highest BCUT2D eigenvalue weighted by molar-refractivity contribution is 7.10. The molecular formula is C13H18N2O3S. The molecule has 1 aromatic heterocycles. The number of fused-ring (bicyclic) bond motifs is 1. The molecule has 5 nitrogen and oxygen atoms in total. The van der Waals surface area contributed by atoms with Gasteiger partial charge in [0.1, 0.15) is 6.04 Å². The van der Waals surface area contributed by atoms with E-state index < -0.39 is 12.0 Å². The molecule has 2 amide bonds. The van der Waals surface area contributed by atoms with Crippen LogP contribution in [-0.2, 0) is 17.8 Å². The Kier molecular flexibility index (Phi) is 4.09. The van der Waals surface area contributed by atoms with Gasteiger partial charge in [0.15, 0.2) is 0 Å². The van der Waals surface area contributed by atoms with Gasteiger partial charge in [-0.3, -0.25) is 0 Å². The molecule has 0 bridgehead atoms. The Hall–Kier alpha value is -1.56. The second kappa shape index (κ2) is 5.61. The van der Waals surface area contributed by atoms with Crippen LogP contribution in [0.2, 0.25) is 0 Å². The number of thiophene rings is 1. The number of amides is 2. The van der Waals surface area contributed by atoms with Crippen molar-refractivity contribution in [3.8, 4) is 0 Å². The molecule has 0 aliphatic carbocycles. The molecule has 0 radical (unpaired) electrons. The van der Waals surface area contributed by atoms with Crippen LogP contribution >= 0.6 is 11.3 Å². The molecule has 2 rings (SSSR count). The fraction of sp³-hybridized carbons (Fsp3) is 0.538. The maximum Gasteiger partial charge on any atom is 0.326 e. The molecular weight excluding hydrogens is 264 g/mol. The second-order valence-corrected chi connectivity index (χ2v) is 6.05. The summed E-state index contributed by atoms with van der Waals surface area (Å²) in [6.45, 7) is 4.78. The third-order valence-corrected chi connectivity index (χ3v) is 4.33. The minimum absolute atomic E-state index is 0.136. The highest BCUT2D eigenvalue weighted by atomic mass is 32.1. The summed E-state index contributed by atoms with van der Waals surface area (Å²) < 4.78 is 0. The first-order chi connectivity index (χ1) is 8.99. The number of nitrogens with zero attached hydrogens (tertiary/aromatic N) is 1. The summed E-state index contributed by atoms with van der Waals surface area (Å²) in [6.07, 6.45) is 0.847. The number of hydrogen-bond donors (Lipinski definition) is 2. The van der Waals surface area contributed by atoms with E-state index in [4.69, 9.17) is 5.11 Å². The molecule has 0 fully saturated rings. The van der Waals surface area contributed by atoms with Crippen LogP contribution in [-0.4, -0.2) is 34.6 Å². The van der Waals surface area contributed by atoms with Crippen LogP contribution in [0, 0.1) is 5.92 Å². The van der Waals surface area contributed by atoms with Crippen LogP contribution in [0.25, 0.3) is 0 Å². The quantitative estimate of drug-likeness (QED) is 0.890. The van der Waals surface area contributed by atoms with Crippen molar-refractivity contribution in [1.82, 2.24) is 10.2 Å². The monoisotopic (exact) mass is 282 g/mol. The van der Waals surface area contributed by atoms with E-state index in [-0.39, 0.29) is 11.9 Å². The van der Waals surface area contributed by atoms with Crippen molar-refractivity contribution in [2.24, 2.45) is 5.92 Å². The lowest BCUT2D eigenvalue weighted by molar-refractivity contribution is -0.140. The number of carboxylic acid groups (broad SMARTS) is 1. The summed E-state index contributed by atoms with van der Waals surface area (Å²) in [5, 5.41) is 13.7. The minimum atomic E-state index is -0.989. The second-order valence-electron chi connectivity index (χ2n) is 5.05. The summed E-state index contributed by atoms with van der Waals surface area (Å²) >= 11 is 1.71. The van der Waals surface area contributed by atoms with Gasteiger partial charge in [-0.1, -0.05) is 13.8 Å². The Morgan fingerprint density at radius 3 is 2.84 bits per heavy atom. The Labute approximate surface area is 116 Å². The van der Waals surface area contributed by atoms with Crippen LogP contribution in [0.3, 0.4) is 0 Å². The van der Waals surface area contributed by atoms with Crippen molar-refractivity contribution in [1.29, 1.82) is 0 Å². The first-order valence-electron chi connectivity index (χ1n) is 6.32. The van der Waals surface area contributed by atoms with Gasteiger partial charge in [-0.2, -0.15) is 0 Å². The lowest BCUT2D eigenvalue weighted by Gasteiger charge is -2.29. The highest BCUT2D eigenvalue weighted by Crippen LogP contribution is 2.24. The number of carbonyl (C=O) groups is 2. The van der Waals surface area contributed by atoms with Crippen LogP contribution in [0.5, 0.6) is 0 Å². The van der Waals surface area contributed by atoms with Crippen molar-refractivity contribution >= 4 is 23.3 Å². The number of urea groups is 1. The third-order valence-electron chi connectivity index (χ3n) is 3.31. The summed E-state index contributed by atoms with van der Waals surface area (Å²) in [5.41, 5.74) is 1.17. The van der Waals surface area contributed by atoms with Crippen molar-refractivity contribution in [3.63, 3.8) is 0 Å². The standard InChI is InChI=1S/C13H18N2O3S/c1-8(2)11(12(16)17)14-13(18)15-5-3-10-9(7-15)4-6-19-10/h4,6,8,11H,3,5,7H2,1-2H3,(H,14,18)(H,16,17). The number of nitrogens with one attached hydrogen (secondary N) is 1. The predicted octanol–water partition coefficient (Wildman–Crippen LogP) is 1.93. The molecule has 0 saturated carbocycles. The van der Waals surface area contributed by atoms with E-state index >= 15 is 0 Å².